The van der Waals surface area contributed by atoms with E-state index >= 15 is 0 Å². The molecule has 6 unspecified atom stereocenters. The molecule has 206 valence electrons. The molecule has 0 aromatic heterocycles. The van der Waals surface area contributed by atoms with Gasteiger partial charge in [0.1, 0.15) is 6.23 Å². The van der Waals surface area contributed by atoms with Gasteiger partial charge < -0.3 is 19.3 Å². The maximum atomic E-state index is 13.0. The zero-order valence-corrected chi connectivity index (χ0v) is 23.3. The van der Waals surface area contributed by atoms with E-state index in [-0.39, 0.29) is 29.8 Å². The zero-order valence-electron chi connectivity index (χ0n) is 22.5. The summed E-state index contributed by atoms with van der Waals surface area (Å²) in [6.45, 7) is 10.2. The molecule has 9 nitrogen and oxygen atoms in total. The van der Waals surface area contributed by atoms with E-state index in [4.69, 9.17) is 14.2 Å². The van der Waals surface area contributed by atoms with Crippen molar-refractivity contribution in [2.24, 2.45) is 5.41 Å². The Labute approximate surface area is 221 Å². The molecule has 37 heavy (non-hydrogen) atoms. The summed E-state index contributed by atoms with van der Waals surface area (Å²) in [6.07, 6.45) is 10.9. The number of likely N-dealkylation sites (tertiary alicyclic amines) is 1. The number of aliphatic hydroxyl groups excluding tert-OH is 1. The zero-order chi connectivity index (χ0) is 26.6. The topological polar surface area (TPSA) is 101 Å². The lowest BCUT2D eigenvalue weighted by Crippen LogP contribution is -2.60. The van der Waals surface area contributed by atoms with Gasteiger partial charge in [0.05, 0.1) is 30.0 Å². The van der Waals surface area contributed by atoms with Crippen molar-refractivity contribution in [2.45, 2.75) is 83.2 Å². The third-order valence-electron chi connectivity index (χ3n) is 8.30. The largest absolute Gasteiger partial charge is 0.377 e. The van der Waals surface area contributed by atoms with E-state index in [1.54, 1.807) is 13.2 Å². The normalized spacial score (nSPS) is 36.9. The highest BCUT2D eigenvalue weighted by Gasteiger charge is 2.45. The summed E-state index contributed by atoms with van der Waals surface area (Å²) in [5, 5.41) is 11.3. The first-order valence-corrected chi connectivity index (χ1v) is 14.6. The van der Waals surface area contributed by atoms with Crippen molar-refractivity contribution < 1.29 is 27.7 Å². The summed E-state index contributed by atoms with van der Waals surface area (Å²) in [6, 6.07) is 0. The molecule has 10 heteroatoms. The number of piperidine rings is 1. The number of hydrogen-bond acceptors (Lipinski definition) is 7. The van der Waals surface area contributed by atoms with Gasteiger partial charge in [-0.1, -0.05) is 43.7 Å². The molecule has 0 radical (unpaired) electrons. The monoisotopic (exact) mass is 535 g/mol. The lowest BCUT2D eigenvalue weighted by molar-refractivity contribution is -0.164. The Morgan fingerprint density at radius 1 is 1.16 bits per heavy atom. The van der Waals surface area contributed by atoms with E-state index in [9.17, 15) is 13.5 Å². The maximum Gasteiger partial charge on any atom is 0.301 e. The molecule has 0 aromatic carbocycles. The summed E-state index contributed by atoms with van der Waals surface area (Å²) < 4.78 is 48.2. The number of methoxy groups -OCH3 is 1. The van der Waals surface area contributed by atoms with Crippen LogP contribution in [0.2, 0.25) is 0 Å². The summed E-state index contributed by atoms with van der Waals surface area (Å²) in [4.78, 5) is 2.02. The van der Waals surface area contributed by atoms with Crippen LogP contribution in [0.1, 0.15) is 47.0 Å². The van der Waals surface area contributed by atoms with E-state index in [2.05, 4.69) is 37.6 Å². The van der Waals surface area contributed by atoms with Gasteiger partial charge >= 0.3 is 10.2 Å². The van der Waals surface area contributed by atoms with Crippen LogP contribution in [0, 0.1) is 5.41 Å². The van der Waals surface area contributed by atoms with Gasteiger partial charge in [-0.3, -0.25) is 9.62 Å². The first-order chi connectivity index (χ1) is 17.4. The van der Waals surface area contributed by atoms with Gasteiger partial charge in [-0.25, -0.2) is 0 Å². The Morgan fingerprint density at radius 2 is 1.84 bits per heavy atom. The summed E-state index contributed by atoms with van der Waals surface area (Å²) >= 11 is 0. The Bertz CT molecular complexity index is 1110. The van der Waals surface area contributed by atoms with Crippen molar-refractivity contribution in [3.63, 3.8) is 0 Å². The number of nitrogens with one attached hydrogen (secondary N) is 1. The van der Waals surface area contributed by atoms with Gasteiger partial charge in [0, 0.05) is 51.8 Å². The SMILES string of the molecule is COC1CN(C(O)C2=CC(C)=CCC2(C)C)CC1OC1(C)C=CC=C(NS(=O)(=O)N2CC3CC(C2)O3)C1. The van der Waals surface area contributed by atoms with E-state index < -0.39 is 22.0 Å². The molecule has 4 saturated heterocycles. The number of fused-ring (bicyclic) bond motifs is 2. The van der Waals surface area contributed by atoms with E-state index in [0.717, 1.165) is 18.4 Å². The van der Waals surface area contributed by atoms with Crippen LogP contribution in [-0.4, -0.2) is 92.3 Å². The standard InChI is InChI=1S/C27H41N3O6S/c1-18-8-10-26(2,3)22(11-18)25(31)29-16-23(34-5)24(17-29)36-27(4)9-6-7-19(13-27)28-37(32,33)30-14-20-12-21(15-30)35-20/h6-9,11,20-21,23-25,28,31H,10,12-17H2,1-5H3. The minimum atomic E-state index is -3.66. The van der Waals surface area contributed by atoms with Crippen molar-refractivity contribution in [3.05, 3.63) is 47.2 Å². The molecule has 4 aliphatic heterocycles. The minimum Gasteiger partial charge on any atom is -0.377 e. The third kappa shape index (κ3) is 5.61. The number of aliphatic hydroxyl groups is 1. The van der Waals surface area contributed by atoms with Crippen LogP contribution in [-0.2, 0) is 24.4 Å². The molecule has 0 saturated carbocycles. The molecule has 0 aromatic rings. The van der Waals surface area contributed by atoms with Crippen LogP contribution in [0.4, 0.5) is 0 Å². The molecule has 4 heterocycles. The Hall–Kier alpha value is -1.53. The number of morpholine rings is 1. The van der Waals surface area contributed by atoms with Crippen LogP contribution >= 0.6 is 0 Å². The van der Waals surface area contributed by atoms with Crippen LogP contribution in [0.15, 0.2) is 47.2 Å². The highest BCUT2D eigenvalue weighted by Crippen LogP contribution is 2.40. The molecular formula is C27H41N3O6S. The summed E-state index contributed by atoms with van der Waals surface area (Å²) in [5.41, 5.74) is 1.92. The molecule has 6 rings (SSSR count). The predicted octanol–water partition coefficient (Wildman–Crippen LogP) is 2.23. The summed E-state index contributed by atoms with van der Waals surface area (Å²) in [5.74, 6) is 0. The van der Waals surface area contributed by atoms with Crippen LogP contribution in [0.25, 0.3) is 0 Å². The van der Waals surface area contributed by atoms with E-state index in [1.165, 1.54) is 9.88 Å². The number of nitrogens with zero attached hydrogens (tertiary/aromatic N) is 2. The summed E-state index contributed by atoms with van der Waals surface area (Å²) in [7, 11) is -1.99. The molecule has 2 N–H and O–H groups in total. The first-order valence-electron chi connectivity index (χ1n) is 13.2. The second-order valence-electron chi connectivity index (χ2n) is 12.0. The number of rotatable bonds is 8. The second kappa shape index (κ2) is 9.89. The quantitative estimate of drug-likeness (QED) is 0.492. The van der Waals surface area contributed by atoms with E-state index in [0.29, 0.717) is 38.3 Å². The molecule has 2 bridgehead atoms. The maximum absolute atomic E-state index is 13.0. The van der Waals surface area contributed by atoms with Crippen LogP contribution < -0.4 is 4.72 Å². The van der Waals surface area contributed by atoms with Gasteiger partial charge in [-0.05, 0) is 37.3 Å². The first kappa shape index (κ1) is 27.1. The van der Waals surface area contributed by atoms with Crippen molar-refractivity contribution in [2.75, 3.05) is 33.3 Å². The minimum absolute atomic E-state index is 0.00526. The Balaban J connectivity index is 1.23. The van der Waals surface area contributed by atoms with Crippen LogP contribution in [0.5, 0.6) is 0 Å². The van der Waals surface area contributed by atoms with Gasteiger partial charge in [0.15, 0.2) is 0 Å². The van der Waals surface area contributed by atoms with Crippen molar-refractivity contribution in [3.8, 4) is 0 Å². The number of allylic oxidation sites excluding steroid dienone is 5. The highest BCUT2D eigenvalue weighted by atomic mass is 32.2. The lowest BCUT2D eigenvalue weighted by atomic mass is 9.75. The molecule has 0 amide bonds. The Kier molecular flexibility index (Phi) is 7.23. The molecule has 0 spiro atoms. The van der Waals surface area contributed by atoms with Crippen LogP contribution in [0.3, 0.4) is 0 Å². The van der Waals surface area contributed by atoms with E-state index in [1.807, 2.05) is 24.0 Å². The molecule has 2 aliphatic carbocycles. The third-order valence-corrected chi connectivity index (χ3v) is 9.80. The average Bonchev–Trinajstić information content (AvgIpc) is 3.21. The molecular weight excluding hydrogens is 494 g/mol. The van der Waals surface area contributed by atoms with Gasteiger partial charge in [0.2, 0.25) is 0 Å². The second-order valence-corrected chi connectivity index (χ2v) is 13.6. The van der Waals surface area contributed by atoms with Gasteiger partial charge in [-0.2, -0.15) is 12.7 Å². The molecule has 6 aliphatic rings. The Morgan fingerprint density at radius 3 is 2.51 bits per heavy atom. The van der Waals surface area contributed by atoms with Gasteiger partial charge in [-0.15, -0.1) is 0 Å². The number of ether oxygens (including phenoxy) is 3. The van der Waals surface area contributed by atoms with Crippen molar-refractivity contribution in [1.29, 1.82) is 0 Å². The van der Waals surface area contributed by atoms with Crippen molar-refractivity contribution >= 4 is 10.2 Å². The van der Waals surface area contributed by atoms with Gasteiger partial charge in [0.25, 0.3) is 0 Å². The fourth-order valence-electron chi connectivity index (χ4n) is 6.07. The fraction of sp³-hybridized carbons (Fsp3) is 0.704. The fourth-order valence-corrected chi connectivity index (χ4v) is 7.40. The predicted molar refractivity (Wildman–Crippen MR) is 141 cm³/mol. The average molecular weight is 536 g/mol. The number of hydrogen-bond donors (Lipinski definition) is 2. The molecule has 6 atom stereocenters. The molecule has 4 fully saturated rings. The lowest BCUT2D eigenvalue weighted by Gasteiger charge is -2.46. The smallest absolute Gasteiger partial charge is 0.301 e. The van der Waals surface area contributed by atoms with Crippen molar-refractivity contribution in [1.82, 2.24) is 13.9 Å². The highest BCUT2D eigenvalue weighted by molar-refractivity contribution is 7.87.